The van der Waals surface area contributed by atoms with Gasteiger partial charge in [-0.25, -0.2) is 9.97 Å². The standard InChI is InChI=1S/C14H26N4O/c1-4-8-15-13-12(5-2)14(17-10-16-13)18-11(3)7-6-9-19/h10-11,19H,4-9H2,1-3H3,(H2,15,16,17,18). The summed E-state index contributed by atoms with van der Waals surface area (Å²) in [5, 5.41) is 15.6. The van der Waals surface area contributed by atoms with Crippen LogP contribution in [0.25, 0.3) is 0 Å². The van der Waals surface area contributed by atoms with E-state index in [0.29, 0.717) is 6.04 Å². The fourth-order valence-corrected chi connectivity index (χ4v) is 1.97. The van der Waals surface area contributed by atoms with E-state index in [-0.39, 0.29) is 6.61 Å². The molecule has 1 heterocycles. The number of aromatic nitrogens is 2. The molecule has 5 nitrogen and oxygen atoms in total. The number of aliphatic hydroxyl groups is 1. The van der Waals surface area contributed by atoms with E-state index in [2.05, 4.69) is 41.4 Å². The Bertz CT molecular complexity index is 370. The van der Waals surface area contributed by atoms with Gasteiger partial charge in [0.15, 0.2) is 0 Å². The van der Waals surface area contributed by atoms with Gasteiger partial charge in [-0.1, -0.05) is 13.8 Å². The Balaban J connectivity index is 2.76. The van der Waals surface area contributed by atoms with Crippen LogP contribution in [0.5, 0.6) is 0 Å². The van der Waals surface area contributed by atoms with Crippen molar-refractivity contribution in [1.29, 1.82) is 0 Å². The van der Waals surface area contributed by atoms with Crippen molar-refractivity contribution in [3.05, 3.63) is 11.9 Å². The first-order valence-corrected chi connectivity index (χ1v) is 7.18. The van der Waals surface area contributed by atoms with Crippen LogP contribution in [0.15, 0.2) is 6.33 Å². The summed E-state index contributed by atoms with van der Waals surface area (Å²) in [5.41, 5.74) is 1.13. The Labute approximate surface area is 115 Å². The van der Waals surface area contributed by atoms with Gasteiger partial charge in [0.05, 0.1) is 0 Å². The van der Waals surface area contributed by atoms with Crippen molar-refractivity contribution in [2.45, 2.75) is 52.5 Å². The summed E-state index contributed by atoms with van der Waals surface area (Å²) in [6.07, 6.45) is 5.30. The van der Waals surface area contributed by atoms with Crippen LogP contribution >= 0.6 is 0 Å². The zero-order valence-electron chi connectivity index (χ0n) is 12.2. The second-order valence-electron chi connectivity index (χ2n) is 4.74. The second-order valence-corrected chi connectivity index (χ2v) is 4.74. The minimum atomic E-state index is 0.236. The van der Waals surface area contributed by atoms with E-state index in [1.165, 1.54) is 0 Å². The molecule has 1 aromatic rings. The molecular weight excluding hydrogens is 240 g/mol. The summed E-state index contributed by atoms with van der Waals surface area (Å²) < 4.78 is 0. The van der Waals surface area contributed by atoms with Crippen LogP contribution in [-0.4, -0.2) is 34.3 Å². The van der Waals surface area contributed by atoms with Gasteiger partial charge in [0.1, 0.15) is 18.0 Å². The van der Waals surface area contributed by atoms with E-state index in [1.807, 2.05) is 0 Å². The van der Waals surface area contributed by atoms with Gasteiger partial charge in [0.25, 0.3) is 0 Å². The van der Waals surface area contributed by atoms with Gasteiger partial charge < -0.3 is 15.7 Å². The van der Waals surface area contributed by atoms with Crippen molar-refractivity contribution in [3.63, 3.8) is 0 Å². The van der Waals surface area contributed by atoms with Crippen LogP contribution in [0.4, 0.5) is 11.6 Å². The molecule has 3 N–H and O–H groups in total. The molecule has 0 aromatic carbocycles. The Morgan fingerprint density at radius 2 is 2.00 bits per heavy atom. The quantitative estimate of drug-likeness (QED) is 0.640. The number of aliphatic hydroxyl groups excluding tert-OH is 1. The maximum atomic E-state index is 8.86. The number of rotatable bonds is 9. The molecule has 0 amide bonds. The lowest BCUT2D eigenvalue weighted by Crippen LogP contribution is -2.19. The highest BCUT2D eigenvalue weighted by Crippen LogP contribution is 2.21. The van der Waals surface area contributed by atoms with E-state index in [1.54, 1.807) is 6.33 Å². The van der Waals surface area contributed by atoms with E-state index < -0.39 is 0 Å². The molecular formula is C14H26N4O. The molecule has 0 aliphatic carbocycles. The number of anilines is 2. The fraction of sp³-hybridized carbons (Fsp3) is 0.714. The minimum Gasteiger partial charge on any atom is -0.396 e. The molecule has 1 unspecified atom stereocenters. The largest absolute Gasteiger partial charge is 0.396 e. The summed E-state index contributed by atoms with van der Waals surface area (Å²) in [4.78, 5) is 8.66. The van der Waals surface area contributed by atoms with Crippen LogP contribution in [0, 0.1) is 0 Å². The van der Waals surface area contributed by atoms with Gasteiger partial charge in [-0.2, -0.15) is 0 Å². The first kappa shape index (κ1) is 15.7. The predicted molar refractivity (Wildman–Crippen MR) is 79.6 cm³/mol. The molecule has 0 bridgehead atoms. The Kier molecular flexibility index (Phi) is 7.18. The van der Waals surface area contributed by atoms with Crippen LogP contribution in [0.1, 0.15) is 45.6 Å². The second kappa shape index (κ2) is 8.69. The zero-order valence-corrected chi connectivity index (χ0v) is 12.2. The highest BCUT2D eigenvalue weighted by Gasteiger charge is 2.11. The molecule has 0 fully saturated rings. The van der Waals surface area contributed by atoms with E-state index in [9.17, 15) is 0 Å². The van der Waals surface area contributed by atoms with Gasteiger partial charge in [-0.15, -0.1) is 0 Å². The van der Waals surface area contributed by atoms with Crippen molar-refractivity contribution in [3.8, 4) is 0 Å². The maximum Gasteiger partial charge on any atom is 0.134 e. The van der Waals surface area contributed by atoms with Crippen molar-refractivity contribution in [2.75, 3.05) is 23.8 Å². The molecule has 0 saturated heterocycles. The topological polar surface area (TPSA) is 70.1 Å². The van der Waals surface area contributed by atoms with Gasteiger partial charge in [-0.3, -0.25) is 0 Å². The molecule has 1 atom stereocenters. The summed E-state index contributed by atoms with van der Waals surface area (Å²) >= 11 is 0. The van der Waals surface area contributed by atoms with E-state index in [0.717, 1.165) is 49.4 Å². The number of nitrogens with one attached hydrogen (secondary N) is 2. The van der Waals surface area contributed by atoms with Crippen molar-refractivity contribution in [2.24, 2.45) is 0 Å². The van der Waals surface area contributed by atoms with Crippen molar-refractivity contribution >= 4 is 11.6 Å². The lowest BCUT2D eigenvalue weighted by molar-refractivity contribution is 0.282. The average Bonchev–Trinajstić information content (AvgIpc) is 2.43. The molecule has 1 aromatic heterocycles. The van der Waals surface area contributed by atoms with Gasteiger partial charge >= 0.3 is 0 Å². The molecule has 1 rings (SSSR count). The van der Waals surface area contributed by atoms with Crippen LogP contribution in [0.2, 0.25) is 0 Å². The number of hydrogen-bond acceptors (Lipinski definition) is 5. The zero-order chi connectivity index (χ0) is 14.1. The molecule has 5 heteroatoms. The Morgan fingerprint density at radius 3 is 2.63 bits per heavy atom. The van der Waals surface area contributed by atoms with Crippen LogP contribution < -0.4 is 10.6 Å². The Hall–Kier alpha value is -1.36. The fourth-order valence-electron chi connectivity index (χ4n) is 1.97. The van der Waals surface area contributed by atoms with Crippen LogP contribution in [0.3, 0.4) is 0 Å². The van der Waals surface area contributed by atoms with Crippen molar-refractivity contribution in [1.82, 2.24) is 9.97 Å². The lowest BCUT2D eigenvalue weighted by Gasteiger charge is -2.18. The third-order valence-electron chi connectivity index (χ3n) is 3.02. The summed E-state index contributed by atoms with van der Waals surface area (Å²) in [6, 6.07) is 0.298. The summed E-state index contributed by atoms with van der Waals surface area (Å²) in [7, 11) is 0. The average molecular weight is 266 g/mol. The first-order chi connectivity index (χ1) is 9.22. The normalized spacial score (nSPS) is 12.2. The highest BCUT2D eigenvalue weighted by molar-refractivity contribution is 5.57. The summed E-state index contributed by atoms with van der Waals surface area (Å²) in [6.45, 7) is 7.51. The smallest absolute Gasteiger partial charge is 0.134 e. The van der Waals surface area contributed by atoms with Crippen molar-refractivity contribution < 1.29 is 5.11 Å². The Morgan fingerprint density at radius 1 is 1.26 bits per heavy atom. The van der Waals surface area contributed by atoms with Gasteiger partial charge in [0.2, 0.25) is 0 Å². The molecule has 108 valence electrons. The van der Waals surface area contributed by atoms with Gasteiger partial charge in [-0.05, 0) is 32.6 Å². The SMILES string of the molecule is CCCNc1ncnc(NC(C)CCCO)c1CC. The third-order valence-corrected chi connectivity index (χ3v) is 3.02. The lowest BCUT2D eigenvalue weighted by atomic mass is 10.1. The molecule has 0 spiro atoms. The molecule has 19 heavy (non-hydrogen) atoms. The van der Waals surface area contributed by atoms with E-state index in [4.69, 9.17) is 5.11 Å². The van der Waals surface area contributed by atoms with E-state index >= 15 is 0 Å². The van der Waals surface area contributed by atoms with Crippen LogP contribution in [-0.2, 0) is 6.42 Å². The molecule has 0 aliphatic heterocycles. The number of hydrogen-bond donors (Lipinski definition) is 3. The molecule has 0 radical (unpaired) electrons. The monoisotopic (exact) mass is 266 g/mol. The first-order valence-electron chi connectivity index (χ1n) is 7.18. The summed E-state index contributed by atoms with van der Waals surface area (Å²) in [5.74, 6) is 1.83. The third kappa shape index (κ3) is 5.03. The van der Waals surface area contributed by atoms with Gasteiger partial charge in [0, 0.05) is 24.8 Å². The predicted octanol–water partition coefficient (Wildman–Crippen LogP) is 2.43. The highest BCUT2D eigenvalue weighted by atomic mass is 16.2. The molecule has 0 aliphatic rings. The molecule has 0 saturated carbocycles. The number of nitrogens with zero attached hydrogens (tertiary/aromatic N) is 2. The maximum absolute atomic E-state index is 8.86. The minimum absolute atomic E-state index is 0.236.